The molecule has 0 bridgehead atoms. The topological polar surface area (TPSA) is 60.1 Å². The summed E-state index contributed by atoms with van der Waals surface area (Å²) in [5, 5.41) is 6.88. The summed E-state index contributed by atoms with van der Waals surface area (Å²) in [5.74, 6) is 1.30. The first-order valence-corrected chi connectivity index (χ1v) is 12.8. The van der Waals surface area contributed by atoms with Gasteiger partial charge in [-0.15, -0.1) is 16.4 Å². The Balaban J connectivity index is 1.73. The molecule has 3 aromatic rings. The average molecular weight is 449 g/mol. The Morgan fingerprint density at radius 3 is 2.66 bits per heavy atom. The van der Waals surface area contributed by atoms with Crippen molar-refractivity contribution in [3.05, 3.63) is 52.6 Å². The highest BCUT2D eigenvalue weighted by molar-refractivity contribution is 7.91. The zero-order chi connectivity index (χ0) is 20.4. The fourth-order valence-electron chi connectivity index (χ4n) is 3.77. The molecule has 1 fully saturated rings. The van der Waals surface area contributed by atoms with Gasteiger partial charge >= 0.3 is 0 Å². The van der Waals surface area contributed by atoms with Crippen molar-refractivity contribution in [2.24, 2.45) is 0 Å². The van der Waals surface area contributed by atoms with Gasteiger partial charge in [0.1, 0.15) is 0 Å². The summed E-state index contributed by atoms with van der Waals surface area (Å²) in [7, 11) is -2.94. The van der Waals surface area contributed by atoms with Crippen molar-refractivity contribution in [3.63, 3.8) is 0 Å². The van der Waals surface area contributed by atoms with E-state index in [1.165, 1.54) is 0 Å². The van der Waals surface area contributed by atoms with Crippen LogP contribution >= 0.6 is 23.6 Å². The summed E-state index contributed by atoms with van der Waals surface area (Å²) in [6.07, 6.45) is 1.62. The number of aromatic nitrogens is 3. The standard InChI is InChI=1S/C20H24N4O2S3/c1-2-11-22(17-10-13-29(25,26)14-17)15-23-20(27)24(16-7-4-3-5-8-16)19(21-23)18-9-6-12-28-18/h3-9,12,17H,2,10-11,13-15H2,1H3/t17-/m1/s1. The zero-order valence-electron chi connectivity index (χ0n) is 16.3. The number of sulfone groups is 1. The van der Waals surface area contributed by atoms with E-state index in [1.807, 2.05) is 57.1 Å². The van der Waals surface area contributed by atoms with Crippen LogP contribution < -0.4 is 0 Å². The third-order valence-corrected chi connectivity index (χ3v) is 8.16. The number of rotatable bonds is 7. The molecule has 1 aliphatic heterocycles. The summed E-state index contributed by atoms with van der Waals surface area (Å²) in [5.41, 5.74) is 0.970. The molecule has 0 amide bonds. The van der Waals surface area contributed by atoms with Gasteiger partial charge in [0.25, 0.3) is 0 Å². The molecule has 1 aliphatic rings. The normalized spacial score (nSPS) is 18.5. The number of thiophene rings is 1. The quantitative estimate of drug-likeness (QED) is 0.512. The van der Waals surface area contributed by atoms with Crippen LogP contribution in [-0.2, 0) is 16.5 Å². The lowest BCUT2D eigenvalue weighted by molar-refractivity contribution is 0.155. The lowest BCUT2D eigenvalue weighted by Gasteiger charge is -2.27. The van der Waals surface area contributed by atoms with E-state index in [4.69, 9.17) is 17.3 Å². The van der Waals surface area contributed by atoms with Gasteiger partial charge in [0, 0.05) is 11.7 Å². The molecule has 0 spiro atoms. The van der Waals surface area contributed by atoms with Gasteiger partial charge in [0.15, 0.2) is 15.7 Å². The molecule has 1 aromatic carbocycles. The van der Waals surface area contributed by atoms with Crippen LogP contribution in [0.3, 0.4) is 0 Å². The molecule has 3 heterocycles. The van der Waals surface area contributed by atoms with Gasteiger partial charge in [-0.25, -0.2) is 13.1 Å². The molecule has 154 valence electrons. The summed E-state index contributed by atoms with van der Waals surface area (Å²) in [4.78, 5) is 3.25. The SMILES string of the molecule is CCCN(Cn1nc(-c2cccs2)n(-c2ccccc2)c1=S)[C@@H]1CCS(=O)(=O)C1. The average Bonchev–Trinajstić information content (AvgIpc) is 3.42. The van der Waals surface area contributed by atoms with Crippen molar-refractivity contribution in [2.45, 2.75) is 32.5 Å². The predicted molar refractivity (Wildman–Crippen MR) is 120 cm³/mol. The van der Waals surface area contributed by atoms with Crippen molar-refractivity contribution in [3.8, 4) is 16.4 Å². The molecular weight excluding hydrogens is 424 g/mol. The molecule has 9 heteroatoms. The summed E-state index contributed by atoms with van der Waals surface area (Å²) >= 11 is 7.44. The van der Waals surface area contributed by atoms with Crippen molar-refractivity contribution >= 4 is 33.4 Å². The first kappa shape index (κ1) is 20.5. The van der Waals surface area contributed by atoms with Crippen LogP contribution in [-0.4, -0.2) is 51.8 Å². The monoisotopic (exact) mass is 448 g/mol. The van der Waals surface area contributed by atoms with Crippen LogP contribution in [0.15, 0.2) is 47.8 Å². The van der Waals surface area contributed by atoms with E-state index in [2.05, 4.69) is 11.8 Å². The second-order valence-corrected chi connectivity index (χ2v) is 10.8. The summed E-state index contributed by atoms with van der Waals surface area (Å²) in [6.45, 7) is 3.41. The van der Waals surface area contributed by atoms with Gasteiger partial charge in [-0.1, -0.05) is 31.2 Å². The van der Waals surface area contributed by atoms with Crippen molar-refractivity contribution in [2.75, 3.05) is 18.1 Å². The lowest BCUT2D eigenvalue weighted by atomic mass is 10.2. The largest absolute Gasteiger partial charge is 0.280 e. The van der Waals surface area contributed by atoms with E-state index in [1.54, 1.807) is 11.3 Å². The summed E-state index contributed by atoms with van der Waals surface area (Å²) in [6, 6.07) is 14.1. The second-order valence-electron chi connectivity index (χ2n) is 7.26. The lowest BCUT2D eigenvalue weighted by Crippen LogP contribution is -2.38. The van der Waals surface area contributed by atoms with Gasteiger partial charge in [-0.05, 0) is 55.2 Å². The molecule has 29 heavy (non-hydrogen) atoms. The predicted octanol–water partition coefficient (Wildman–Crippen LogP) is 3.99. The minimum Gasteiger partial charge on any atom is -0.280 e. The molecule has 0 unspecified atom stereocenters. The van der Waals surface area contributed by atoms with Gasteiger partial charge < -0.3 is 0 Å². The number of nitrogens with zero attached hydrogens (tertiary/aromatic N) is 4. The second kappa shape index (κ2) is 8.51. The smallest absolute Gasteiger partial charge is 0.204 e. The number of benzene rings is 1. The summed E-state index contributed by atoms with van der Waals surface area (Å²) < 4.78 is 28.4. The zero-order valence-corrected chi connectivity index (χ0v) is 18.7. The van der Waals surface area contributed by atoms with Crippen molar-refractivity contribution < 1.29 is 8.42 Å². The third kappa shape index (κ3) is 4.37. The van der Waals surface area contributed by atoms with Crippen LogP contribution in [0.25, 0.3) is 16.4 Å². The first-order chi connectivity index (χ1) is 14.0. The third-order valence-electron chi connectivity index (χ3n) is 5.15. The van der Waals surface area contributed by atoms with E-state index in [0.717, 1.165) is 29.4 Å². The Kier molecular flexibility index (Phi) is 6.00. The molecule has 4 rings (SSSR count). The van der Waals surface area contributed by atoms with Gasteiger partial charge in [-0.3, -0.25) is 9.47 Å². The Hall–Kier alpha value is -1.81. The Morgan fingerprint density at radius 1 is 1.24 bits per heavy atom. The minimum absolute atomic E-state index is 0.0221. The van der Waals surface area contributed by atoms with Gasteiger partial charge in [-0.2, -0.15) is 0 Å². The molecule has 1 atom stereocenters. The van der Waals surface area contributed by atoms with E-state index < -0.39 is 9.84 Å². The van der Waals surface area contributed by atoms with E-state index in [-0.39, 0.29) is 17.5 Å². The molecule has 0 aliphatic carbocycles. The molecule has 6 nitrogen and oxygen atoms in total. The molecule has 0 saturated carbocycles. The van der Waals surface area contributed by atoms with Crippen LogP contribution in [0.4, 0.5) is 0 Å². The van der Waals surface area contributed by atoms with E-state index in [9.17, 15) is 8.42 Å². The highest BCUT2D eigenvalue weighted by atomic mass is 32.2. The molecule has 0 N–H and O–H groups in total. The molecule has 1 saturated heterocycles. The number of para-hydroxylation sites is 1. The maximum Gasteiger partial charge on any atom is 0.204 e. The Labute approximate surface area is 180 Å². The maximum atomic E-state index is 12.0. The van der Waals surface area contributed by atoms with Crippen LogP contribution in [0, 0.1) is 4.77 Å². The molecule has 0 radical (unpaired) electrons. The van der Waals surface area contributed by atoms with Crippen LogP contribution in [0.5, 0.6) is 0 Å². The van der Waals surface area contributed by atoms with Gasteiger partial charge in [0.05, 0.1) is 23.1 Å². The number of hydrogen-bond donors (Lipinski definition) is 0. The fraction of sp³-hybridized carbons (Fsp3) is 0.400. The van der Waals surface area contributed by atoms with Crippen LogP contribution in [0.1, 0.15) is 19.8 Å². The molecular formula is C20H24N4O2S3. The maximum absolute atomic E-state index is 12.0. The van der Waals surface area contributed by atoms with E-state index >= 15 is 0 Å². The van der Waals surface area contributed by atoms with Crippen LogP contribution in [0.2, 0.25) is 0 Å². The minimum atomic E-state index is -2.94. The van der Waals surface area contributed by atoms with Gasteiger partial charge in [0.2, 0.25) is 4.77 Å². The Morgan fingerprint density at radius 2 is 2.03 bits per heavy atom. The first-order valence-electron chi connectivity index (χ1n) is 9.72. The van der Waals surface area contributed by atoms with Crippen molar-refractivity contribution in [1.82, 2.24) is 19.2 Å². The molecule has 2 aromatic heterocycles. The number of hydrogen-bond acceptors (Lipinski definition) is 6. The van der Waals surface area contributed by atoms with Crippen molar-refractivity contribution in [1.29, 1.82) is 0 Å². The Bertz CT molecular complexity index is 1120. The highest BCUT2D eigenvalue weighted by Crippen LogP contribution is 2.27. The highest BCUT2D eigenvalue weighted by Gasteiger charge is 2.32. The van der Waals surface area contributed by atoms with E-state index in [0.29, 0.717) is 17.9 Å². The fourth-order valence-corrected chi connectivity index (χ4v) is 6.52.